The molecule has 0 unspecified atom stereocenters. The van der Waals surface area contributed by atoms with Crippen LogP contribution in [-0.4, -0.2) is 53.7 Å². The van der Waals surface area contributed by atoms with Gasteiger partial charge in [0.2, 0.25) is 5.91 Å². The summed E-state index contributed by atoms with van der Waals surface area (Å²) in [5.74, 6) is -0.541. The van der Waals surface area contributed by atoms with Crippen molar-refractivity contribution in [2.75, 3.05) is 13.6 Å². The molecule has 154 valence electrons. The van der Waals surface area contributed by atoms with E-state index in [0.29, 0.717) is 32.0 Å². The van der Waals surface area contributed by atoms with Crippen LogP contribution in [0.5, 0.6) is 0 Å². The Morgan fingerprint density at radius 2 is 1.96 bits per heavy atom. The van der Waals surface area contributed by atoms with Crippen molar-refractivity contribution in [3.63, 3.8) is 0 Å². The van der Waals surface area contributed by atoms with Gasteiger partial charge in [0.05, 0.1) is 12.0 Å². The Morgan fingerprint density at radius 1 is 1.18 bits per heavy atom. The molecule has 4 atom stereocenters. The fraction of sp³-hybridized carbons (Fsp3) is 0.636. The number of unbranched alkanes of at least 4 members (excludes halogenated alkanes) is 2. The van der Waals surface area contributed by atoms with Crippen molar-refractivity contribution in [2.45, 2.75) is 69.7 Å². The molecule has 2 N–H and O–H groups in total. The van der Waals surface area contributed by atoms with E-state index in [4.69, 9.17) is 4.74 Å². The van der Waals surface area contributed by atoms with Crippen LogP contribution < -0.4 is 5.32 Å². The first-order valence-corrected chi connectivity index (χ1v) is 10.4. The summed E-state index contributed by atoms with van der Waals surface area (Å²) in [6.07, 6.45) is 5.05. The zero-order valence-corrected chi connectivity index (χ0v) is 16.7. The van der Waals surface area contributed by atoms with E-state index in [-0.39, 0.29) is 23.8 Å². The summed E-state index contributed by atoms with van der Waals surface area (Å²) in [5.41, 5.74) is 0.989. The number of hydrogen-bond acceptors (Lipinski definition) is 5. The highest BCUT2D eigenvalue weighted by molar-refractivity contribution is 5.80. The summed E-state index contributed by atoms with van der Waals surface area (Å²) in [6, 6.07) is 10.2. The van der Waals surface area contributed by atoms with E-state index in [1.54, 1.807) is 0 Å². The number of amides is 1. The third-order valence-electron chi connectivity index (χ3n) is 6.14. The molecule has 2 heterocycles. The molecule has 3 rings (SSSR count). The van der Waals surface area contributed by atoms with E-state index in [1.807, 2.05) is 30.3 Å². The summed E-state index contributed by atoms with van der Waals surface area (Å²) in [5, 5.41) is 13.3. The molecule has 0 radical (unpaired) electrons. The van der Waals surface area contributed by atoms with Gasteiger partial charge in [0.25, 0.3) is 0 Å². The third kappa shape index (κ3) is 5.32. The summed E-state index contributed by atoms with van der Waals surface area (Å²) in [4.78, 5) is 26.6. The Hall–Kier alpha value is -1.92. The Bertz CT molecular complexity index is 651. The lowest BCUT2D eigenvalue weighted by atomic mass is 9.87. The van der Waals surface area contributed by atoms with Gasteiger partial charge >= 0.3 is 5.97 Å². The van der Waals surface area contributed by atoms with Crippen LogP contribution in [0, 0.1) is 5.92 Å². The van der Waals surface area contributed by atoms with Gasteiger partial charge in [-0.15, -0.1) is 0 Å². The Labute approximate surface area is 167 Å². The minimum absolute atomic E-state index is 0.0352. The smallest absolute Gasteiger partial charge is 0.306 e. The normalized spacial score (nSPS) is 26.8. The average molecular weight is 389 g/mol. The minimum atomic E-state index is -0.534. The molecule has 1 amide bonds. The minimum Gasteiger partial charge on any atom is -0.461 e. The van der Waals surface area contributed by atoms with Crippen LogP contribution in [0.4, 0.5) is 0 Å². The molecular formula is C22H32N2O4. The highest BCUT2D eigenvalue weighted by atomic mass is 16.5. The lowest BCUT2D eigenvalue weighted by molar-refractivity contribution is -0.145. The quantitative estimate of drug-likeness (QED) is 0.501. The predicted molar refractivity (Wildman–Crippen MR) is 106 cm³/mol. The largest absolute Gasteiger partial charge is 0.461 e. The molecule has 0 aromatic heterocycles. The fourth-order valence-electron chi connectivity index (χ4n) is 4.50. The Kier molecular flexibility index (Phi) is 7.45. The van der Waals surface area contributed by atoms with E-state index in [9.17, 15) is 14.7 Å². The van der Waals surface area contributed by atoms with Crippen LogP contribution in [0.3, 0.4) is 0 Å². The van der Waals surface area contributed by atoms with E-state index in [1.165, 1.54) is 0 Å². The number of aliphatic hydroxyl groups is 1. The number of esters is 1. The second-order valence-corrected chi connectivity index (χ2v) is 8.04. The number of carbonyl (C=O) groups excluding carboxylic acids is 2. The van der Waals surface area contributed by atoms with Crippen LogP contribution in [0.15, 0.2) is 30.3 Å². The van der Waals surface area contributed by atoms with Gasteiger partial charge < -0.3 is 15.2 Å². The molecule has 28 heavy (non-hydrogen) atoms. The lowest BCUT2D eigenvalue weighted by Gasteiger charge is -2.39. The molecule has 0 spiro atoms. The molecule has 2 bridgehead atoms. The number of ether oxygens (including phenoxy) is 1. The highest BCUT2D eigenvalue weighted by Gasteiger charge is 2.47. The number of piperidine rings is 1. The number of carbonyl (C=O) groups is 2. The van der Waals surface area contributed by atoms with Gasteiger partial charge in [0, 0.05) is 25.0 Å². The first kappa shape index (κ1) is 20.8. The zero-order valence-electron chi connectivity index (χ0n) is 16.7. The number of hydrogen-bond donors (Lipinski definition) is 2. The molecule has 2 saturated heterocycles. The highest BCUT2D eigenvalue weighted by Crippen LogP contribution is 2.38. The van der Waals surface area contributed by atoms with Crippen molar-refractivity contribution in [1.29, 1.82) is 0 Å². The molecular weight excluding hydrogens is 356 g/mol. The molecule has 0 aliphatic carbocycles. The Morgan fingerprint density at radius 3 is 2.75 bits per heavy atom. The first-order valence-electron chi connectivity index (χ1n) is 10.4. The van der Waals surface area contributed by atoms with Gasteiger partial charge in [-0.05, 0) is 44.7 Å². The number of nitrogens with zero attached hydrogens (tertiary/aromatic N) is 1. The number of rotatable bonds is 9. The molecule has 2 aliphatic heterocycles. The molecule has 2 fully saturated rings. The van der Waals surface area contributed by atoms with Crippen LogP contribution in [0.1, 0.15) is 50.5 Å². The van der Waals surface area contributed by atoms with E-state index in [0.717, 1.165) is 37.7 Å². The summed E-state index contributed by atoms with van der Waals surface area (Å²) in [6.45, 7) is 0.900. The van der Waals surface area contributed by atoms with Crippen LogP contribution in [0.25, 0.3) is 0 Å². The molecule has 0 saturated carbocycles. The molecule has 1 aromatic carbocycles. The summed E-state index contributed by atoms with van der Waals surface area (Å²) < 4.78 is 5.26. The lowest BCUT2D eigenvalue weighted by Crippen LogP contribution is -2.54. The second-order valence-electron chi connectivity index (χ2n) is 8.04. The monoisotopic (exact) mass is 388 g/mol. The number of fused-ring (bicyclic) bond motifs is 2. The molecule has 6 nitrogen and oxygen atoms in total. The maximum absolute atomic E-state index is 12.5. The second kappa shape index (κ2) is 10.0. The summed E-state index contributed by atoms with van der Waals surface area (Å²) in [7, 11) is 2.06. The fourth-order valence-corrected chi connectivity index (χ4v) is 4.50. The topological polar surface area (TPSA) is 78.9 Å². The van der Waals surface area contributed by atoms with Gasteiger partial charge in [0.15, 0.2) is 0 Å². The SMILES string of the molecule is CN1[C@H]2CC[C@@H]1[C@@H](C(=O)NCCCCCC(=O)OCc1ccccc1)[C@@H](O)C2. The van der Waals surface area contributed by atoms with Crippen molar-refractivity contribution in [3.8, 4) is 0 Å². The van der Waals surface area contributed by atoms with Gasteiger partial charge in [-0.1, -0.05) is 36.8 Å². The average Bonchev–Trinajstić information content (AvgIpc) is 2.93. The number of aliphatic hydroxyl groups excluding tert-OH is 1. The van der Waals surface area contributed by atoms with E-state index >= 15 is 0 Å². The standard InChI is InChI=1S/C22H32N2O4/c1-24-17-11-12-18(24)21(19(25)14-17)22(27)23-13-7-3-6-10-20(26)28-15-16-8-4-2-5-9-16/h2,4-5,8-9,17-19,21,25H,3,6-7,10-15H2,1H3,(H,23,27)/t17-,18+,19-,21+/m0/s1. The van der Waals surface area contributed by atoms with Gasteiger partial charge in [0.1, 0.15) is 6.61 Å². The maximum atomic E-state index is 12.5. The van der Waals surface area contributed by atoms with Crippen LogP contribution >= 0.6 is 0 Å². The van der Waals surface area contributed by atoms with Gasteiger partial charge in [-0.3, -0.25) is 14.5 Å². The molecule has 2 aliphatic rings. The van der Waals surface area contributed by atoms with Crippen LogP contribution in [-0.2, 0) is 20.9 Å². The van der Waals surface area contributed by atoms with E-state index in [2.05, 4.69) is 17.3 Å². The molecule has 6 heteroatoms. The predicted octanol–water partition coefficient (Wildman–Crippen LogP) is 2.25. The van der Waals surface area contributed by atoms with Crippen molar-refractivity contribution >= 4 is 11.9 Å². The first-order chi connectivity index (χ1) is 13.6. The van der Waals surface area contributed by atoms with Crippen molar-refractivity contribution < 1.29 is 19.4 Å². The maximum Gasteiger partial charge on any atom is 0.306 e. The zero-order chi connectivity index (χ0) is 19.9. The Balaban J connectivity index is 1.26. The van der Waals surface area contributed by atoms with Crippen molar-refractivity contribution in [1.82, 2.24) is 10.2 Å². The number of nitrogens with one attached hydrogen (secondary N) is 1. The van der Waals surface area contributed by atoms with Gasteiger partial charge in [-0.25, -0.2) is 0 Å². The van der Waals surface area contributed by atoms with Crippen molar-refractivity contribution in [3.05, 3.63) is 35.9 Å². The number of benzene rings is 1. The third-order valence-corrected chi connectivity index (χ3v) is 6.14. The van der Waals surface area contributed by atoms with E-state index < -0.39 is 6.10 Å². The van der Waals surface area contributed by atoms with Crippen molar-refractivity contribution in [2.24, 2.45) is 5.92 Å². The summed E-state index contributed by atoms with van der Waals surface area (Å²) >= 11 is 0. The van der Waals surface area contributed by atoms with Crippen LogP contribution in [0.2, 0.25) is 0 Å². The molecule has 1 aromatic rings. The van der Waals surface area contributed by atoms with Gasteiger partial charge in [-0.2, -0.15) is 0 Å².